The van der Waals surface area contributed by atoms with E-state index < -0.39 is 10.0 Å². The molecule has 0 atom stereocenters. The van der Waals surface area contributed by atoms with E-state index in [0.29, 0.717) is 28.4 Å². The number of fused-ring (bicyclic) bond motifs is 1. The largest absolute Gasteiger partial charge is 0.314 e. The molecule has 1 saturated carbocycles. The van der Waals surface area contributed by atoms with Gasteiger partial charge in [-0.15, -0.1) is 11.3 Å². The van der Waals surface area contributed by atoms with Gasteiger partial charge >= 0.3 is 0 Å². The van der Waals surface area contributed by atoms with Crippen LogP contribution in [0.5, 0.6) is 0 Å². The Morgan fingerprint density at radius 3 is 2.62 bits per heavy atom. The molecule has 130 valence electrons. The van der Waals surface area contributed by atoms with Crippen molar-refractivity contribution in [1.82, 2.24) is 9.62 Å². The number of piperidine rings is 1. The van der Waals surface area contributed by atoms with Crippen molar-refractivity contribution in [2.75, 3.05) is 19.6 Å². The number of benzene rings is 1. The van der Waals surface area contributed by atoms with E-state index >= 15 is 0 Å². The third-order valence-corrected chi connectivity index (χ3v) is 8.59. The number of nitrogens with zero attached hydrogens (tertiary/aromatic N) is 1. The maximum Gasteiger partial charge on any atom is 0.252 e. The molecule has 7 heteroatoms. The highest BCUT2D eigenvalue weighted by Gasteiger charge is 2.31. The predicted octanol–water partition coefficient (Wildman–Crippen LogP) is 3.71. The molecule has 0 amide bonds. The lowest BCUT2D eigenvalue weighted by Gasteiger charge is -2.31. The third kappa shape index (κ3) is 3.48. The summed E-state index contributed by atoms with van der Waals surface area (Å²) < 4.78 is 28.8. The second-order valence-corrected chi connectivity index (χ2v) is 10.5. The summed E-state index contributed by atoms with van der Waals surface area (Å²) in [6.07, 6.45) is 4.47. The van der Waals surface area contributed by atoms with Gasteiger partial charge in [0.15, 0.2) is 0 Å². The average molecular weight is 385 g/mol. The molecule has 2 aliphatic rings. The number of rotatable bonds is 5. The van der Waals surface area contributed by atoms with Crippen LogP contribution >= 0.6 is 22.9 Å². The van der Waals surface area contributed by atoms with Gasteiger partial charge in [-0.2, -0.15) is 4.31 Å². The van der Waals surface area contributed by atoms with E-state index in [0.717, 1.165) is 35.4 Å². The molecule has 0 unspecified atom stereocenters. The summed E-state index contributed by atoms with van der Waals surface area (Å²) in [7, 11) is -3.40. The first-order chi connectivity index (χ1) is 11.5. The molecule has 1 N–H and O–H groups in total. The van der Waals surface area contributed by atoms with Crippen LogP contribution in [-0.4, -0.2) is 38.4 Å². The molecular weight excluding hydrogens is 364 g/mol. The Morgan fingerprint density at radius 1 is 1.17 bits per heavy atom. The van der Waals surface area contributed by atoms with E-state index in [9.17, 15) is 8.42 Å². The van der Waals surface area contributed by atoms with E-state index in [-0.39, 0.29) is 0 Å². The van der Waals surface area contributed by atoms with Crippen LogP contribution in [-0.2, 0) is 10.0 Å². The van der Waals surface area contributed by atoms with Gasteiger partial charge in [0.2, 0.25) is 0 Å². The minimum Gasteiger partial charge on any atom is -0.314 e. The smallest absolute Gasteiger partial charge is 0.252 e. The SMILES string of the molecule is O=S(=O)(c1cc2cc(Cl)ccc2s1)N1CCC(NCC2CC2)CC1. The van der Waals surface area contributed by atoms with Gasteiger partial charge in [0.1, 0.15) is 4.21 Å². The van der Waals surface area contributed by atoms with Crippen molar-refractivity contribution in [2.24, 2.45) is 5.92 Å². The van der Waals surface area contributed by atoms with Gasteiger partial charge in [-0.05, 0) is 67.8 Å². The fraction of sp³-hybridized carbons (Fsp3) is 0.529. The minimum atomic E-state index is -3.40. The molecule has 2 aromatic rings. The molecule has 0 radical (unpaired) electrons. The van der Waals surface area contributed by atoms with Crippen LogP contribution < -0.4 is 5.32 Å². The van der Waals surface area contributed by atoms with Crippen LogP contribution in [0, 0.1) is 5.92 Å². The first-order valence-corrected chi connectivity index (χ1v) is 11.1. The Kier molecular flexibility index (Phi) is 4.60. The van der Waals surface area contributed by atoms with Crippen LogP contribution in [0.3, 0.4) is 0 Å². The highest BCUT2D eigenvalue weighted by Crippen LogP contribution is 2.33. The molecule has 1 aromatic heterocycles. The molecule has 1 saturated heterocycles. The topological polar surface area (TPSA) is 49.4 Å². The Hall–Kier alpha value is -0.660. The zero-order valence-electron chi connectivity index (χ0n) is 13.4. The summed E-state index contributed by atoms with van der Waals surface area (Å²) in [5, 5.41) is 5.12. The maximum atomic E-state index is 12.9. The molecule has 1 aliphatic carbocycles. The Balaban J connectivity index is 1.45. The maximum absolute atomic E-state index is 12.9. The number of halogens is 1. The van der Waals surface area contributed by atoms with Gasteiger partial charge in [0.25, 0.3) is 10.0 Å². The van der Waals surface area contributed by atoms with Crippen molar-refractivity contribution < 1.29 is 8.42 Å². The molecule has 4 rings (SSSR count). The lowest BCUT2D eigenvalue weighted by atomic mass is 10.1. The Labute approximate surface area is 151 Å². The van der Waals surface area contributed by atoms with Crippen LogP contribution in [0.15, 0.2) is 28.5 Å². The summed E-state index contributed by atoms with van der Waals surface area (Å²) in [4.78, 5) is 0. The predicted molar refractivity (Wildman–Crippen MR) is 99.3 cm³/mol. The van der Waals surface area contributed by atoms with E-state index in [1.807, 2.05) is 12.1 Å². The van der Waals surface area contributed by atoms with Gasteiger partial charge in [0.05, 0.1) is 0 Å². The highest BCUT2D eigenvalue weighted by molar-refractivity contribution is 7.91. The van der Waals surface area contributed by atoms with E-state index in [2.05, 4.69) is 5.32 Å². The monoisotopic (exact) mass is 384 g/mol. The second kappa shape index (κ2) is 6.57. The van der Waals surface area contributed by atoms with Crippen molar-refractivity contribution in [1.29, 1.82) is 0 Å². The summed E-state index contributed by atoms with van der Waals surface area (Å²) in [5.41, 5.74) is 0. The zero-order chi connectivity index (χ0) is 16.7. The van der Waals surface area contributed by atoms with E-state index in [1.54, 1.807) is 16.4 Å². The van der Waals surface area contributed by atoms with Gasteiger partial charge in [-0.1, -0.05) is 11.6 Å². The van der Waals surface area contributed by atoms with Crippen LogP contribution in [0.4, 0.5) is 0 Å². The quantitative estimate of drug-likeness (QED) is 0.854. The minimum absolute atomic E-state index is 0.421. The molecule has 2 fully saturated rings. The number of hydrogen-bond acceptors (Lipinski definition) is 4. The van der Waals surface area contributed by atoms with Crippen LogP contribution in [0.2, 0.25) is 5.02 Å². The van der Waals surface area contributed by atoms with Crippen molar-refractivity contribution in [3.05, 3.63) is 29.3 Å². The molecule has 4 nitrogen and oxygen atoms in total. The molecule has 1 aliphatic heterocycles. The first-order valence-electron chi connectivity index (χ1n) is 8.45. The normalized spacial score (nSPS) is 20.7. The molecule has 1 aromatic carbocycles. The van der Waals surface area contributed by atoms with E-state index in [4.69, 9.17) is 11.6 Å². The van der Waals surface area contributed by atoms with Crippen molar-refractivity contribution >= 4 is 43.0 Å². The zero-order valence-corrected chi connectivity index (χ0v) is 15.8. The van der Waals surface area contributed by atoms with Crippen molar-refractivity contribution in [3.8, 4) is 0 Å². The molecule has 0 bridgehead atoms. The summed E-state index contributed by atoms with van der Waals surface area (Å²) in [6, 6.07) is 7.71. The summed E-state index contributed by atoms with van der Waals surface area (Å²) in [5.74, 6) is 0.858. The van der Waals surface area contributed by atoms with Crippen molar-refractivity contribution in [2.45, 2.75) is 35.9 Å². The molecule has 2 heterocycles. The lowest BCUT2D eigenvalue weighted by molar-refractivity contribution is 0.288. The first kappa shape index (κ1) is 16.8. The molecular formula is C17H21ClN2O2S2. The molecule has 24 heavy (non-hydrogen) atoms. The number of sulfonamides is 1. The van der Waals surface area contributed by atoms with Gasteiger partial charge in [-0.3, -0.25) is 0 Å². The fourth-order valence-corrected chi connectivity index (χ4v) is 6.38. The number of nitrogens with one attached hydrogen (secondary N) is 1. The van der Waals surface area contributed by atoms with Gasteiger partial charge < -0.3 is 5.32 Å². The van der Waals surface area contributed by atoms with Gasteiger partial charge in [0, 0.05) is 28.9 Å². The molecule has 0 spiro atoms. The van der Waals surface area contributed by atoms with Crippen LogP contribution in [0.1, 0.15) is 25.7 Å². The summed E-state index contributed by atoms with van der Waals surface area (Å²) >= 11 is 7.33. The Bertz CT molecular complexity index is 837. The van der Waals surface area contributed by atoms with E-state index in [1.165, 1.54) is 24.2 Å². The lowest BCUT2D eigenvalue weighted by Crippen LogP contribution is -2.45. The second-order valence-electron chi connectivity index (χ2n) is 6.78. The standard InChI is InChI=1S/C17H21ClN2O2S2/c18-14-3-4-16-13(9-14)10-17(23-16)24(21,22)20-7-5-15(6-8-20)19-11-12-1-2-12/h3-4,9-10,12,15,19H,1-2,5-8,11H2. The van der Waals surface area contributed by atoms with Crippen molar-refractivity contribution in [3.63, 3.8) is 0 Å². The Morgan fingerprint density at radius 2 is 1.92 bits per heavy atom. The highest BCUT2D eigenvalue weighted by atomic mass is 35.5. The van der Waals surface area contributed by atoms with Gasteiger partial charge in [-0.25, -0.2) is 8.42 Å². The number of hydrogen-bond donors (Lipinski definition) is 1. The summed E-state index contributed by atoms with van der Waals surface area (Å²) in [6.45, 7) is 2.29. The fourth-order valence-electron chi connectivity index (χ4n) is 3.20. The third-order valence-electron chi connectivity index (χ3n) is 4.90. The van der Waals surface area contributed by atoms with Crippen LogP contribution in [0.25, 0.3) is 10.1 Å². The number of thiophene rings is 1. The average Bonchev–Trinajstić information content (AvgIpc) is 3.30.